The monoisotopic (exact) mass is 247 g/mol. The van der Waals surface area contributed by atoms with Crippen LogP contribution in [0.1, 0.15) is 29.5 Å². The molecule has 1 fully saturated rings. The minimum absolute atomic E-state index is 0.367. The van der Waals surface area contributed by atoms with Crippen LogP contribution >= 0.6 is 0 Å². The van der Waals surface area contributed by atoms with Crippen molar-refractivity contribution in [3.63, 3.8) is 0 Å². The lowest BCUT2D eigenvalue weighted by molar-refractivity contribution is -0.142. The van der Waals surface area contributed by atoms with Gasteiger partial charge in [-0.2, -0.15) is 0 Å². The van der Waals surface area contributed by atoms with E-state index in [1.807, 2.05) is 0 Å². The number of hydrogen-bond acceptors (Lipinski definition) is 2. The van der Waals surface area contributed by atoms with Gasteiger partial charge in [0.05, 0.1) is 0 Å². The molecule has 1 saturated heterocycles. The summed E-state index contributed by atoms with van der Waals surface area (Å²) in [4.78, 5) is 13.5. The number of carbonyl (C=O) groups is 1. The molecule has 0 saturated carbocycles. The Morgan fingerprint density at radius 2 is 2.00 bits per heavy atom. The van der Waals surface area contributed by atoms with Crippen LogP contribution in [-0.4, -0.2) is 35.1 Å². The molecule has 1 aliphatic rings. The van der Waals surface area contributed by atoms with E-state index in [-0.39, 0.29) is 6.04 Å². The van der Waals surface area contributed by atoms with Gasteiger partial charge in [-0.1, -0.05) is 23.8 Å². The summed E-state index contributed by atoms with van der Waals surface area (Å²) in [5.74, 6) is -0.697. The molecule has 0 radical (unpaired) electrons. The van der Waals surface area contributed by atoms with E-state index in [1.54, 1.807) is 0 Å². The molecule has 3 nitrogen and oxygen atoms in total. The Labute approximate surface area is 108 Å². The Hall–Kier alpha value is -1.35. The molecular weight excluding hydrogens is 226 g/mol. The molecule has 1 heterocycles. The summed E-state index contributed by atoms with van der Waals surface area (Å²) in [5, 5.41) is 9.40. The van der Waals surface area contributed by atoms with Gasteiger partial charge in [-0.15, -0.1) is 0 Å². The molecule has 98 valence electrons. The van der Waals surface area contributed by atoms with E-state index >= 15 is 0 Å². The molecule has 0 bridgehead atoms. The van der Waals surface area contributed by atoms with E-state index in [1.165, 1.54) is 11.1 Å². The number of likely N-dealkylation sites (tertiary alicyclic amines) is 1. The molecule has 18 heavy (non-hydrogen) atoms. The lowest BCUT2D eigenvalue weighted by atomic mass is 9.98. The van der Waals surface area contributed by atoms with Crippen LogP contribution in [0, 0.1) is 13.8 Å². The van der Waals surface area contributed by atoms with Crippen molar-refractivity contribution in [3.05, 3.63) is 34.9 Å². The zero-order valence-electron chi connectivity index (χ0n) is 11.1. The predicted octanol–water partition coefficient (Wildman–Crippen LogP) is 2.39. The van der Waals surface area contributed by atoms with Gasteiger partial charge in [-0.3, -0.25) is 9.69 Å². The number of nitrogens with zero attached hydrogens (tertiary/aromatic N) is 1. The largest absolute Gasteiger partial charge is 0.480 e. The fourth-order valence-electron chi connectivity index (χ4n) is 2.71. The first-order valence-corrected chi connectivity index (χ1v) is 6.61. The molecule has 1 aliphatic heterocycles. The third kappa shape index (κ3) is 2.91. The quantitative estimate of drug-likeness (QED) is 0.888. The average molecular weight is 247 g/mol. The van der Waals surface area contributed by atoms with E-state index in [4.69, 9.17) is 0 Å². The Kier molecular flexibility index (Phi) is 4.02. The average Bonchev–Trinajstić information content (AvgIpc) is 2.80. The summed E-state index contributed by atoms with van der Waals surface area (Å²) in [6.07, 6.45) is 2.86. The van der Waals surface area contributed by atoms with E-state index < -0.39 is 5.97 Å². The molecule has 3 heteroatoms. The smallest absolute Gasteiger partial charge is 0.321 e. The first kappa shape index (κ1) is 13.1. The summed E-state index contributed by atoms with van der Waals surface area (Å²) in [7, 11) is 0. The van der Waals surface area contributed by atoms with Gasteiger partial charge in [0.25, 0.3) is 0 Å². The highest BCUT2D eigenvalue weighted by Crippen LogP contribution is 2.19. The van der Waals surface area contributed by atoms with Gasteiger partial charge in [0, 0.05) is 0 Å². The summed E-state index contributed by atoms with van der Waals surface area (Å²) in [5.41, 5.74) is 3.57. The second kappa shape index (κ2) is 5.53. The van der Waals surface area contributed by atoms with Crippen molar-refractivity contribution in [1.82, 2.24) is 4.90 Å². The lowest BCUT2D eigenvalue weighted by Gasteiger charge is -2.24. The maximum atomic E-state index is 11.4. The predicted molar refractivity (Wildman–Crippen MR) is 71.9 cm³/mol. The zero-order valence-corrected chi connectivity index (χ0v) is 11.1. The fourth-order valence-corrected chi connectivity index (χ4v) is 2.71. The first-order chi connectivity index (χ1) is 8.58. The van der Waals surface area contributed by atoms with Crippen LogP contribution in [0.15, 0.2) is 18.2 Å². The highest BCUT2D eigenvalue weighted by molar-refractivity contribution is 5.74. The highest BCUT2D eigenvalue weighted by Gasteiger charge is 2.28. The molecule has 1 N–H and O–H groups in total. The number of carboxylic acids is 1. The van der Waals surface area contributed by atoms with Gasteiger partial charge < -0.3 is 5.11 Å². The van der Waals surface area contributed by atoms with Gasteiger partial charge in [0.15, 0.2) is 0 Å². The minimum Gasteiger partial charge on any atom is -0.480 e. The first-order valence-electron chi connectivity index (χ1n) is 6.61. The summed E-state index contributed by atoms with van der Waals surface area (Å²) in [6, 6.07) is 5.88. The van der Waals surface area contributed by atoms with Crippen LogP contribution in [0.25, 0.3) is 0 Å². The third-order valence-electron chi connectivity index (χ3n) is 3.78. The zero-order chi connectivity index (χ0) is 13.1. The number of benzene rings is 1. The molecule has 1 aromatic carbocycles. The molecule has 1 aromatic rings. The van der Waals surface area contributed by atoms with Crippen molar-refractivity contribution >= 4 is 5.97 Å². The van der Waals surface area contributed by atoms with Crippen molar-refractivity contribution in [2.24, 2.45) is 0 Å². The van der Waals surface area contributed by atoms with Crippen LogP contribution in [0.2, 0.25) is 0 Å². The van der Waals surface area contributed by atoms with Gasteiger partial charge in [-0.05, 0) is 57.3 Å². The Morgan fingerprint density at radius 1 is 1.33 bits per heavy atom. The molecule has 0 unspecified atom stereocenters. The van der Waals surface area contributed by atoms with E-state index in [0.29, 0.717) is 6.42 Å². The van der Waals surface area contributed by atoms with E-state index in [2.05, 4.69) is 36.9 Å². The standard InChI is InChI=1S/C15H21NO2/c1-11-5-6-13(12(2)9-11)10-14(15(17)18)16-7-3-4-8-16/h5-6,9,14H,3-4,7-8,10H2,1-2H3,(H,17,18)/t14-/m0/s1. The topological polar surface area (TPSA) is 40.5 Å². The minimum atomic E-state index is -0.697. The maximum absolute atomic E-state index is 11.4. The molecule has 0 aliphatic carbocycles. The number of aryl methyl sites for hydroxylation is 2. The number of rotatable bonds is 4. The normalized spacial score (nSPS) is 17.9. The maximum Gasteiger partial charge on any atom is 0.321 e. The van der Waals surface area contributed by atoms with E-state index in [0.717, 1.165) is 31.5 Å². The van der Waals surface area contributed by atoms with Gasteiger partial charge in [-0.25, -0.2) is 0 Å². The summed E-state index contributed by atoms with van der Waals surface area (Å²) in [6.45, 7) is 5.96. The molecule has 0 aromatic heterocycles. The van der Waals surface area contributed by atoms with Crippen LogP contribution in [0.5, 0.6) is 0 Å². The second-order valence-corrected chi connectivity index (χ2v) is 5.23. The van der Waals surface area contributed by atoms with Crippen molar-refractivity contribution in [2.45, 2.75) is 39.2 Å². The highest BCUT2D eigenvalue weighted by atomic mass is 16.4. The van der Waals surface area contributed by atoms with Crippen LogP contribution in [0.4, 0.5) is 0 Å². The summed E-state index contributed by atoms with van der Waals surface area (Å²) < 4.78 is 0. The van der Waals surface area contributed by atoms with Gasteiger partial charge in [0.2, 0.25) is 0 Å². The Bertz CT molecular complexity index is 436. The van der Waals surface area contributed by atoms with Gasteiger partial charge in [0.1, 0.15) is 6.04 Å². The third-order valence-corrected chi connectivity index (χ3v) is 3.78. The SMILES string of the molecule is Cc1ccc(C[C@@H](C(=O)O)N2CCCC2)c(C)c1. The molecular formula is C15H21NO2. The van der Waals surface area contributed by atoms with Crippen molar-refractivity contribution < 1.29 is 9.90 Å². The summed E-state index contributed by atoms with van der Waals surface area (Å²) >= 11 is 0. The Morgan fingerprint density at radius 3 is 2.56 bits per heavy atom. The lowest BCUT2D eigenvalue weighted by Crippen LogP contribution is -2.41. The number of carboxylic acid groups (broad SMARTS) is 1. The van der Waals surface area contributed by atoms with Crippen molar-refractivity contribution in [3.8, 4) is 0 Å². The molecule has 2 rings (SSSR count). The Balaban J connectivity index is 2.15. The van der Waals surface area contributed by atoms with Gasteiger partial charge >= 0.3 is 5.97 Å². The molecule has 0 amide bonds. The van der Waals surface area contributed by atoms with Crippen LogP contribution in [0.3, 0.4) is 0 Å². The van der Waals surface area contributed by atoms with Crippen molar-refractivity contribution in [1.29, 1.82) is 0 Å². The fraction of sp³-hybridized carbons (Fsp3) is 0.533. The second-order valence-electron chi connectivity index (χ2n) is 5.23. The van der Waals surface area contributed by atoms with Crippen LogP contribution in [-0.2, 0) is 11.2 Å². The molecule has 0 spiro atoms. The van der Waals surface area contributed by atoms with Crippen molar-refractivity contribution in [2.75, 3.05) is 13.1 Å². The van der Waals surface area contributed by atoms with E-state index in [9.17, 15) is 9.90 Å². The molecule has 1 atom stereocenters. The number of hydrogen-bond donors (Lipinski definition) is 1. The number of aliphatic carboxylic acids is 1. The van der Waals surface area contributed by atoms with Crippen LogP contribution < -0.4 is 0 Å².